The Hall–Kier alpha value is -1.10. The quantitative estimate of drug-likeness (QED) is 0.623. The fourth-order valence-electron chi connectivity index (χ4n) is 1.37. The van der Waals surface area contributed by atoms with Crippen molar-refractivity contribution in [1.29, 1.82) is 0 Å². The van der Waals surface area contributed by atoms with Crippen molar-refractivity contribution in [3.63, 3.8) is 0 Å². The Bertz CT molecular complexity index is 366. The van der Waals surface area contributed by atoms with Crippen LogP contribution in [0.4, 0.5) is 24.5 Å². The monoisotopic (exact) mass is 266 g/mol. The van der Waals surface area contributed by atoms with Crippen LogP contribution in [-0.2, 0) is 0 Å². The number of nitrogen functional groups attached to an aromatic ring is 1. The smallest absolute Gasteiger partial charge is 0.389 e. The molecule has 1 aromatic carbocycles. The van der Waals surface area contributed by atoms with Crippen LogP contribution in [0.2, 0.25) is 5.02 Å². The van der Waals surface area contributed by atoms with Crippen molar-refractivity contribution in [3.8, 4) is 0 Å². The van der Waals surface area contributed by atoms with Crippen LogP contribution < -0.4 is 11.1 Å². The molecule has 0 aliphatic carbocycles. The third kappa shape index (κ3) is 5.68. The van der Waals surface area contributed by atoms with Gasteiger partial charge in [-0.25, -0.2) is 0 Å². The number of rotatable bonds is 5. The van der Waals surface area contributed by atoms with Gasteiger partial charge >= 0.3 is 6.18 Å². The maximum Gasteiger partial charge on any atom is 0.389 e. The van der Waals surface area contributed by atoms with E-state index in [1.807, 2.05) is 0 Å². The fraction of sp³-hybridized carbons (Fsp3) is 0.455. The number of unbranched alkanes of at least 4 members (excludes halogenated alkanes) is 1. The number of alkyl halides is 3. The minimum atomic E-state index is -4.07. The normalized spacial score (nSPS) is 11.5. The van der Waals surface area contributed by atoms with E-state index in [2.05, 4.69) is 5.32 Å². The predicted octanol–water partition coefficient (Wildman–Crippen LogP) is 4.07. The molecule has 1 aromatic rings. The van der Waals surface area contributed by atoms with Crippen LogP contribution in [0, 0.1) is 0 Å². The highest BCUT2D eigenvalue weighted by atomic mass is 35.5. The first-order chi connectivity index (χ1) is 7.88. The molecule has 3 N–H and O–H groups in total. The maximum absolute atomic E-state index is 11.9. The van der Waals surface area contributed by atoms with E-state index in [4.69, 9.17) is 17.3 Å². The average Bonchev–Trinajstić information content (AvgIpc) is 2.18. The second-order valence-corrected chi connectivity index (χ2v) is 4.17. The number of nitrogens with one attached hydrogen (secondary N) is 1. The van der Waals surface area contributed by atoms with Crippen LogP contribution in [0.15, 0.2) is 18.2 Å². The van der Waals surface area contributed by atoms with E-state index in [9.17, 15) is 13.2 Å². The van der Waals surface area contributed by atoms with Gasteiger partial charge in [-0.05, 0) is 31.0 Å². The molecule has 0 aliphatic rings. The molecule has 1 rings (SSSR count). The lowest BCUT2D eigenvalue weighted by atomic mass is 10.2. The van der Waals surface area contributed by atoms with Gasteiger partial charge in [0.25, 0.3) is 0 Å². The topological polar surface area (TPSA) is 38.0 Å². The molecule has 0 radical (unpaired) electrons. The van der Waals surface area contributed by atoms with E-state index >= 15 is 0 Å². The molecule has 0 saturated carbocycles. The molecule has 6 heteroatoms. The molecule has 0 saturated heterocycles. The Morgan fingerprint density at radius 1 is 1.24 bits per heavy atom. The lowest BCUT2D eigenvalue weighted by Crippen LogP contribution is -2.09. The number of hydrogen-bond donors (Lipinski definition) is 2. The predicted molar refractivity (Wildman–Crippen MR) is 64.3 cm³/mol. The van der Waals surface area contributed by atoms with Gasteiger partial charge in [-0.1, -0.05) is 11.6 Å². The lowest BCUT2D eigenvalue weighted by Gasteiger charge is -2.10. The standard InChI is InChI=1S/C11H14ClF3N2/c12-8-3-4-10(9(16)7-8)17-6-2-1-5-11(13,14)15/h3-4,7,17H,1-2,5-6,16H2. The number of halogens is 4. The number of hydrogen-bond acceptors (Lipinski definition) is 2. The highest BCUT2D eigenvalue weighted by Gasteiger charge is 2.25. The molecule has 96 valence electrons. The van der Waals surface area contributed by atoms with Gasteiger partial charge in [0.05, 0.1) is 11.4 Å². The van der Waals surface area contributed by atoms with Gasteiger partial charge in [-0.3, -0.25) is 0 Å². The summed E-state index contributed by atoms with van der Waals surface area (Å²) >= 11 is 5.72. The highest BCUT2D eigenvalue weighted by Crippen LogP contribution is 2.24. The molecular formula is C11H14ClF3N2. The zero-order valence-corrected chi connectivity index (χ0v) is 9.91. The van der Waals surface area contributed by atoms with Crippen molar-refractivity contribution in [2.45, 2.75) is 25.4 Å². The second-order valence-electron chi connectivity index (χ2n) is 3.73. The van der Waals surface area contributed by atoms with Gasteiger partial charge in [0.2, 0.25) is 0 Å². The van der Waals surface area contributed by atoms with Crippen molar-refractivity contribution < 1.29 is 13.2 Å². The van der Waals surface area contributed by atoms with Crippen LogP contribution >= 0.6 is 11.6 Å². The summed E-state index contributed by atoms with van der Waals surface area (Å²) in [6.07, 6.45) is -4.25. The van der Waals surface area contributed by atoms with E-state index in [-0.39, 0.29) is 6.42 Å². The highest BCUT2D eigenvalue weighted by molar-refractivity contribution is 6.31. The Balaban J connectivity index is 2.27. The van der Waals surface area contributed by atoms with Crippen molar-refractivity contribution in [1.82, 2.24) is 0 Å². The second kappa shape index (κ2) is 6.00. The van der Waals surface area contributed by atoms with Crippen LogP contribution in [0.25, 0.3) is 0 Å². The molecule has 0 unspecified atom stereocenters. The third-order valence-electron chi connectivity index (χ3n) is 2.22. The third-order valence-corrected chi connectivity index (χ3v) is 2.45. The van der Waals surface area contributed by atoms with E-state index < -0.39 is 12.6 Å². The Morgan fingerprint density at radius 2 is 1.94 bits per heavy atom. The minimum absolute atomic E-state index is 0.115. The van der Waals surface area contributed by atoms with Gasteiger partial charge in [-0.15, -0.1) is 0 Å². The molecule has 2 nitrogen and oxygen atoms in total. The minimum Gasteiger partial charge on any atom is -0.397 e. The Morgan fingerprint density at radius 3 is 2.53 bits per heavy atom. The first-order valence-electron chi connectivity index (χ1n) is 5.24. The molecule has 0 atom stereocenters. The number of nitrogens with two attached hydrogens (primary N) is 1. The largest absolute Gasteiger partial charge is 0.397 e. The zero-order chi connectivity index (χ0) is 12.9. The van der Waals surface area contributed by atoms with Gasteiger partial charge in [0.15, 0.2) is 0 Å². The summed E-state index contributed by atoms with van der Waals surface area (Å²) in [5, 5.41) is 3.51. The summed E-state index contributed by atoms with van der Waals surface area (Å²) in [6, 6.07) is 4.98. The molecule has 0 fully saturated rings. The Kier molecular flexibility index (Phi) is 4.93. The molecular weight excluding hydrogens is 253 g/mol. The van der Waals surface area contributed by atoms with Crippen LogP contribution in [0.5, 0.6) is 0 Å². The fourth-order valence-corrected chi connectivity index (χ4v) is 1.55. The SMILES string of the molecule is Nc1cc(Cl)ccc1NCCCCC(F)(F)F. The van der Waals surface area contributed by atoms with Crippen molar-refractivity contribution in [2.24, 2.45) is 0 Å². The number of benzene rings is 1. The van der Waals surface area contributed by atoms with E-state index in [0.717, 1.165) is 0 Å². The molecule has 0 spiro atoms. The molecule has 0 amide bonds. The summed E-state index contributed by atoms with van der Waals surface area (Å²) < 4.78 is 35.6. The number of anilines is 2. The van der Waals surface area contributed by atoms with Crippen molar-refractivity contribution in [3.05, 3.63) is 23.2 Å². The lowest BCUT2D eigenvalue weighted by molar-refractivity contribution is -0.135. The summed E-state index contributed by atoms with van der Waals surface area (Å²) in [4.78, 5) is 0. The molecule has 0 bridgehead atoms. The van der Waals surface area contributed by atoms with Crippen molar-refractivity contribution in [2.75, 3.05) is 17.6 Å². The molecule has 17 heavy (non-hydrogen) atoms. The van der Waals surface area contributed by atoms with Gasteiger partial charge < -0.3 is 11.1 Å². The molecule has 0 aliphatic heterocycles. The van der Waals surface area contributed by atoms with E-state index in [0.29, 0.717) is 29.4 Å². The maximum atomic E-state index is 11.9. The summed E-state index contributed by atoms with van der Waals surface area (Å²) in [7, 11) is 0. The van der Waals surface area contributed by atoms with E-state index in [1.54, 1.807) is 18.2 Å². The zero-order valence-electron chi connectivity index (χ0n) is 9.15. The summed E-state index contributed by atoms with van der Waals surface area (Å²) in [5.41, 5.74) is 6.87. The van der Waals surface area contributed by atoms with Gasteiger partial charge in [-0.2, -0.15) is 13.2 Å². The summed E-state index contributed by atoms with van der Waals surface area (Å²) in [6.45, 7) is 0.460. The first-order valence-corrected chi connectivity index (χ1v) is 5.62. The molecule has 0 aromatic heterocycles. The molecule has 0 heterocycles. The van der Waals surface area contributed by atoms with Crippen LogP contribution in [0.1, 0.15) is 19.3 Å². The summed E-state index contributed by atoms with van der Waals surface area (Å²) in [5.74, 6) is 0. The van der Waals surface area contributed by atoms with Gasteiger partial charge in [0.1, 0.15) is 0 Å². The van der Waals surface area contributed by atoms with Crippen molar-refractivity contribution >= 4 is 23.0 Å². The average molecular weight is 267 g/mol. The Labute approximate surface area is 103 Å². The van der Waals surface area contributed by atoms with Crippen LogP contribution in [0.3, 0.4) is 0 Å². The van der Waals surface area contributed by atoms with E-state index in [1.165, 1.54) is 0 Å². The van der Waals surface area contributed by atoms with Crippen LogP contribution in [-0.4, -0.2) is 12.7 Å². The first kappa shape index (κ1) is 14.0. The van der Waals surface area contributed by atoms with Gasteiger partial charge in [0, 0.05) is 18.0 Å².